The van der Waals surface area contributed by atoms with Crippen molar-refractivity contribution in [3.05, 3.63) is 0 Å². The summed E-state index contributed by atoms with van der Waals surface area (Å²) in [5, 5.41) is 2.37. The number of amides is 3. The Bertz CT molecular complexity index is 458. The highest BCUT2D eigenvalue weighted by molar-refractivity contribution is 7.98. The molecular formula is C13H20N2O6S. The zero-order valence-electron chi connectivity index (χ0n) is 13.0. The molecule has 9 heteroatoms. The third-order valence-electron chi connectivity index (χ3n) is 2.55. The monoisotopic (exact) mass is 332 g/mol. The average molecular weight is 332 g/mol. The molecule has 0 spiro atoms. The summed E-state index contributed by atoms with van der Waals surface area (Å²) in [6, 6.07) is -1.02. The molecule has 1 heterocycles. The average Bonchev–Trinajstić information content (AvgIpc) is 2.71. The molecule has 22 heavy (non-hydrogen) atoms. The Labute approximate surface area is 133 Å². The van der Waals surface area contributed by atoms with E-state index in [2.05, 4.69) is 10.1 Å². The number of imide groups is 1. The maximum atomic E-state index is 11.7. The van der Waals surface area contributed by atoms with Gasteiger partial charge in [0.05, 0.1) is 7.11 Å². The minimum atomic E-state index is -1.02. The van der Waals surface area contributed by atoms with Crippen LogP contribution in [-0.4, -0.2) is 52.7 Å². The van der Waals surface area contributed by atoms with Crippen LogP contribution in [0.3, 0.4) is 0 Å². The van der Waals surface area contributed by atoms with Crippen LogP contribution in [-0.2, 0) is 23.9 Å². The number of carbonyl (C=O) groups excluding carboxylic acids is 4. The lowest BCUT2D eigenvalue weighted by Gasteiger charge is -2.23. The molecule has 0 saturated carbocycles. The van der Waals surface area contributed by atoms with E-state index >= 15 is 0 Å². The van der Waals surface area contributed by atoms with Crippen LogP contribution < -0.4 is 5.32 Å². The Morgan fingerprint density at radius 3 is 2.27 bits per heavy atom. The minimum Gasteiger partial charge on any atom is -0.467 e. The molecule has 1 aliphatic rings. The highest BCUT2D eigenvalue weighted by Gasteiger charge is 2.32. The maximum absolute atomic E-state index is 11.7. The Hall–Kier alpha value is -1.77. The lowest BCUT2D eigenvalue weighted by atomic mass is 10.2. The molecular weight excluding hydrogens is 312 g/mol. The summed E-state index contributed by atoms with van der Waals surface area (Å²) in [5.41, 5.74) is -0.710. The molecule has 1 rings (SSSR count). The SMILES string of the molecule is COC(=O)C(CSN1C(=O)CCC1=O)NC(=O)OC(C)(C)C. The Balaban J connectivity index is 2.61. The predicted octanol–water partition coefficient (Wildman–Crippen LogP) is 0.850. The third-order valence-corrected chi connectivity index (χ3v) is 3.70. The van der Waals surface area contributed by atoms with E-state index in [9.17, 15) is 19.2 Å². The molecule has 1 aliphatic heterocycles. The lowest BCUT2D eigenvalue weighted by molar-refractivity contribution is -0.142. The van der Waals surface area contributed by atoms with E-state index in [4.69, 9.17) is 4.74 Å². The molecule has 0 aliphatic carbocycles. The fourth-order valence-electron chi connectivity index (χ4n) is 1.61. The summed E-state index contributed by atoms with van der Waals surface area (Å²) in [7, 11) is 1.18. The van der Waals surface area contributed by atoms with Crippen LogP contribution in [0.25, 0.3) is 0 Å². The number of hydrogen-bond acceptors (Lipinski definition) is 7. The number of esters is 1. The molecule has 0 radical (unpaired) electrons. The minimum absolute atomic E-state index is 0.0105. The fourth-order valence-corrected chi connectivity index (χ4v) is 2.60. The van der Waals surface area contributed by atoms with Crippen molar-refractivity contribution in [1.82, 2.24) is 9.62 Å². The molecule has 1 atom stereocenters. The molecule has 1 N–H and O–H groups in total. The van der Waals surface area contributed by atoms with Gasteiger partial charge in [-0.25, -0.2) is 13.9 Å². The largest absolute Gasteiger partial charge is 0.467 e. The van der Waals surface area contributed by atoms with Crippen molar-refractivity contribution >= 4 is 35.8 Å². The van der Waals surface area contributed by atoms with Crippen molar-refractivity contribution in [1.29, 1.82) is 0 Å². The Kier molecular flexibility index (Phi) is 6.21. The second-order valence-corrected chi connectivity index (χ2v) is 6.56. The van der Waals surface area contributed by atoms with E-state index in [1.54, 1.807) is 20.8 Å². The van der Waals surface area contributed by atoms with Crippen molar-refractivity contribution in [3.63, 3.8) is 0 Å². The van der Waals surface area contributed by atoms with Gasteiger partial charge in [0.15, 0.2) is 0 Å². The predicted molar refractivity (Wildman–Crippen MR) is 78.7 cm³/mol. The molecule has 8 nitrogen and oxygen atoms in total. The molecule has 0 bridgehead atoms. The van der Waals surface area contributed by atoms with Gasteiger partial charge in [0.25, 0.3) is 0 Å². The second-order valence-electron chi connectivity index (χ2n) is 5.60. The van der Waals surface area contributed by atoms with Gasteiger partial charge in [-0.1, -0.05) is 0 Å². The summed E-state index contributed by atoms with van der Waals surface area (Å²) in [6.45, 7) is 5.07. The molecule has 124 valence electrons. The zero-order valence-corrected chi connectivity index (χ0v) is 13.8. The molecule has 1 fully saturated rings. The molecule has 0 aromatic carbocycles. The van der Waals surface area contributed by atoms with Gasteiger partial charge in [0.1, 0.15) is 11.6 Å². The van der Waals surface area contributed by atoms with Crippen molar-refractivity contribution in [2.75, 3.05) is 12.9 Å². The highest BCUT2D eigenvalue weighted by atomic mass is 32.2. The Morgan fingerprint density at radius 2 is 1.82 bits per heavy atom. The van der Waals surface area contributed by atoms with Crippen LogP contribution in [0.4, 0.5) is 4.79 Å². The van der Waals surface area contributed by atoms with Crippen LogP contribution in [0.2, 0.25) is 0 Å². The summed E-state index contributed by atoms with van der Waals surface area (Å²) < 4.78 is 10.7. The van der Waals surface area contributed by atoms with Gasteiger partial charge < -0.3 is 14.8 Å². The lowest BCUT2D eigenvalue weighted by Crippen LogP contribution is -2.46. The van der Waals surface area contributed by atoms with Gasteiger partial charge in [-0.3, -0.25) is 9.59 Å². The number of hydrogen-bond donors (Lipinski definition) is 1. The molecule has 3 amide bonds. The van der Waals surface area contributed by atoms with Crippen LogP contribution in [0.15, 0.2) is 0 Å². The van der Waals surface area contributed by atoms with Gasteiger partial charge in [0, 0.05) is 18.6 Å². The van der Waals surface area contributed by atoms with E-state index < -0.39 is 23.7 Å². The Morgan fingerprint density at radius 1 is 1.27 bits per heavy atom. The van der Waals surface area contributed by atoms with Crippen LogP contribution >= 0.6 is 11.9 Å². The fraction of sp³-hybridized carbons (Fsp3) is 0.692. The summed E-state index contributed by atoms with van der Waals surface area (Å²) in [5.74, 6) is -1.31. The van der Waals surface area contributed by atoms with Crippen molar-refractivity contribution in [3.8, 4) is 0 Å². The summed E-state index contributed by atoms with van der Waals surface area (Å²) in [4.78, 5) is 46.4. The summed E-state index contributed by atoms with van der Waals surface area (Å²) in [6.07, 6.45) is -0.454. The molecule has 0 aromatic heterocycles. The number of methoxy groups -OCH3 is 1. The normalized spacial score (nSPS) is 16.5. The van der Waals surface area contributed by atoms with Gasteiger partial charge in [-0.15, -0.1) is 0 Å². The van der Waals surface area contributed by atoms with Crippen molar-refractivity contribution in [2.24, 2.45) is 0 Å². The number of carbonyl (C=O) groups is 4. The maximum Gasteiger partial charge on any atom is 0.408 e. The topological polar surface area (TPSA) is 102 Å². The number of nitrogens with zero attached hydrogens (tertiary/aromatic N) is 1. The zero-order chi connectivity index (χ0) is 16.9. The van der Waals surface area contributed by atoms with Gasteiger partial charge in [-0.05, 0) is 32.7 Å². The highest BCUT2D eigenvalue weighted by Crippen LogP contribution is 2.22. The molecule has 0 aromatic rings. The number of alkyl carbamates (subject to hydrolysis) is 1. The van der Waals surface area contributed by atoms with Crippen LogP contribution in [0, 0.1) is 0 Å². The number of ether oxygens (including phenoxy) is 2. The van der Waals surface area contributed by atoms with Gasteiger partial charge >= 0.3 is 12.1 Å². The van der Waals surface area contributed by atoms with Crippen molar-refractivity contribution in [2.45, 2.75) is 45.3 Å². The first kappa shape index (κ1) is 18.3. The van der Waals surface area contributed by atoms with E-state index in [-0.39, 0.29) is 30.4 Å². The van der Waals surface area contributed by atoms with E-state index in [0.29, 0.717) is 0 Å². The van der Waals surface area contributed by atoms with Crippen molar-refractivity contribution < 1.29 is 28.7 Å². The van der Waals surface area contributed by atoms with Crippen LogP contribution in [0.1, 0.15) is 33.6 Å². The second kappa shape index (κ2) is 7.48. The molecule has 1 saturated heterocycles. The first-order valence-electron chi connectivity index (χ1n) is 6.70. The van der Waals surface area contributed by atoms with Gasteiger partial charge in [-0.2, -0.15) is 0 Å². The van der Waals surface area contributed by atoms with E-state index in [0.717, 1.165) is 16.3 Å². The van der Waals surface area contributed by atoms with Gasteiger partial charge in [0.2, 0.25) is 11.8 Å². The summed E-state index contributed by atoms with van der Waals surface area (Å²) >= 11 is 0.875. The first-order chi connectivity index (χ1) is 10.1. The quantitative estimate of drug-likeness (QED) is 0.452. The van der Waals surface area contributed by atoms with Crippen LogP contribution in [0.5, 0.6) is 0 Å². The standard InChI is InChI=1S/C13H20N2O6S/c1-13(2,3)21-12(19)14-8(11(18)20-4)7-22-15-9(16)5-6-10(15)17/h8H,5-7H2,1-4H3,(H,14,19). The number of nitrogens with one attached hydrogen (secondary N) is 1. The number of rotatable bonds is 5. The smallest absolute Gasteiger partial charge is 0.408 e. The van der Waals surface area contributed by atoms with E-state index in [1.165, 1.54) is 7.11 Å². The van der Waals surface area contributed by atoms with E-state index in [1.807, 2.05) is 0 Å². The molecule has 1 unspecified atom stereocenters. The third kappa shape index (κ3) is 5.55. The first-order valence-corrected chi connectivity index (χ1v) is 7.64.